The van der Waals surface area contributed by atoms with E-state index in [1.807, 2.05) is 18.2 Å². The molecule has 0 amide bonds. The van der Waals surface area contributed by atoms with Crippen LogP contribution in [0.4, 0.5) is 0 Å². The number of nitrogens with one attached hydrogen (secondary N) is 1. The summed E-state index contributed by atoms with van der Waals surface area (Å²) in [5, 5.41) is 14.7. The molecule has 2 saturated heterocycles. The van der Waals surface area contributed by atoms with Gasteiger partial charge in [0.25, 0.3) is 0 Å². The Hall–Kier alpha value is -2.93. The van der Waals surface area contributed by atoms with E-state index in [2.05, 4.69) is 91.1 Å². The van der Waals surface area contributed by atoms with Crippen LogP contribution in [-0.4, -0.2) is 18.7 Å². The van der Waals surface area contributed by atoms with Crippen molar-refractivity contribution in [3.63, 3.8) is 0 Å². The molecule has 2 aliphatic heterocycles. The maximum Gasteiger partial charge on any atom is 0.107 e. The molecule has 1 N–H and O–H groups in total. The first kappa shape index (κ1) is 23.8. The summed E-state index contributed by atoms with van der Waals surface area (Å²) in [6.07, 6.45) is 5.40. The van der Waals surface area contributed by atoms with Gasteiger partial charge < -0.3 is 10.1 Å². The quantitative estimate of drug-likeness (QED) is 0.361. The van der Waals surface area contributed by atoms with Gasteiger partial charge in [-0.3, -0.25) is 0 Å². The fourth-order valence-corrected chi connectivity index (χ4v) is 6.57. The molecule has 180 valence electrons. The van der Waals surface area contributed by atoms with Gasteiger partial charge in [-0.15, -0.1) is 0 Å². The number of fused-ring (bicyclic) bond motifs is 2. The predicted octanol–water partition coefficient (Wildman–Crippen LogP) is 6.64. The molecule has 2 heterocycles. The highest BCUT2D eigenvalue weighted by Crippen LogP contribution is 2.52. The number of benzene rings is 3. The first-order valence-corrected chi connectivity index (χ1v) is 13.0. The molecular weight excluding hydrogens is 428 g/mol. The van der Waals surface area contributed by atoms with Gasteiger partial charge in [0, 0.05) is 18.7 Å². The summed E-state index contributed by atoms with van der Waals surface area (Å²) in [5.41, 5.74) is 2.84. The fourth-order valence-electron chi connectivity index (χ4n) is 6.57. The van der Waals surface area contributed by atoms with Crippen LogP contribution in [0.3, 0.4) is 0 Å². The zero-order valence-corrected chi connectivity index (χ0v) is 20.7. The van der Waals surface area contributed by atoms with Crippen molar-refractivity contribution in [3.8, 4) is 6.07 Å². The Morgan fingerprint density at radius 3 is 2.11 bits per heavy atom. The molecule has 3 nitrogen and oxygen atoms in total. The van der Waals surface area contributed by atoms with Crippen LogP contribution in [0.5, 0.6) is 0 Å². The Balaban J connectivity index is 1.42. The van der Waals surface area contributed by atoms with Crippen molar-refractivity contribution < 1.29 is 4.74 Å². The Kier molecular flexibility index (Phi) is 7.04. The highest BCUT2D eigenvalue weighted by molar-refractivity contribution is 5.46. The van der Waals surface area contributed by atoms with Crippen molar-refractivity contribution in [2.45, 2.75) is 63.1 Å². The Bertz CT molecular complexity index is 1080. The van der Waals surface area contributed by atoms with E-state index < -0.39 is 5.41 Å². The molecule has 4 atom stereocenters. The molecule has 35 heavy (non-hydrogen) atoms. The minimum Gasteiger partial charge on any atom is -0.377 e. The highest BCUT2D eigenvalue weighted by atomic mass is 16.5. The average molecular weight is 465 g/mol. The molecule has 0 saturated carbocycles. The van der Waals surface area contributed by atoms with Crippen molar-refractivity contribution in [1.82, 2.24) is 5.32 Å². The Labute approximate surface area is 210 Å². The largest absolute Gasteiger partial charge is 0.377 e. The number of rotatable bonds is 9. The first-order valence-electron chi connectivity index (χ1n) is 13.0. The number of nitriles is 1. The molecule has 0 radical (unpaired) electrons. The second kappa shape index (κ2) is 10.4. The van der Waals surface area contributed by atoms with Crippen LogP contribution in [0, 0.1) is 22.7 Å². The van der Waals surface area contributed by atoms with Gasteiger partial charge in [-0.05, 0) is 60.1 Å². The van der Waals surface area contributed by atoms with Gasteiger partial charge >= 0.3 is 0 Å². The van der Waals surface area contributed by atoms with Crippen molar-refractivity contribution in [2.75, 3.05) is 6.61 Å². The molecular formula is C32H36N2O. The van der Waals surface area contributed by atoms with Gasteiger partial charge in [0.2, 0.25) is 0 Å². The maximum atomic E-state index is 10.8. The minimum absolute atomic E-state index is 0.0787. The number of hydrogen-bond donors (Lipinski definition) is 1. The monoisotopic (exact) mass is 464 g/mol. The van der Waals surface area contributed by atoms with Gasteiger partial charge in [-0.1, -0.05) is 97.9 Å². The minimum atomic E-state index is -0.657. The fraction of sp³-hybridized carbons (Fsp3) is 0.406. The van der Waals surface area contributed by atoms with Gasteiger partial charge in [-0.25, -0.2) is 0 Å². The molecule has 3 heteroatoms. The van der Waals surface area contributed by atoms with Crippen LogP contribution in [0.1, 0.15) is 55.7 Å². The van der Waals surface area contributed by atoms with E-state index in [0.29, 0.717) is 24.6 Å². The zero-order chi connectivity index (χ0) is 24.1. The number of hydrogen-bond acceptors (Lipinski definition) is 3. The van der Waals surface area contributed by atoms with E-state index in [4.69, 9.17) is 4.74 Å². The third-order valence-corrected chi connectivity index (χ3v) is 8.71. The van der Waals surface area contributed by atoms with Crippen molar-refractivity contribution >= 4 is 0 Å². The summed E-state index contributed by atoms with van der Waals surface area (Å²) in [5.74, 6) is 0.432. The Morgan fingerprint density at radius 1 is 0.914 bits per heavy atom. The van der Waals surface area contributed by atoms with Crippen molar-refractivity contribution in [2.24, 2.45) is 11.3 Å². The van der Waals surface area contributed by atoms with Crippen molar-refractivity contribution in [3.05, 3.63) is 108 Å². The summed E-state index contributed by atoms with van der Waals surface area (Å²) in [7, 11) is 0. The topological polar surface area (TPSA) is 45.0 Å². The van der Waals surface area contributed by atoms with Crippen LogP contribution < -0.4 is 5.32 Å². The van der Waals surface area contributed by atoms with Crippen LogP contribution in [-0.2, 0) is 16.8 Å². The normalized spacial score (nSPS) is 25.8. The highest BCUT2D eigenvalue weighted by Gasteiger charge is 2.52. The second-order valence-corrected chi connectivity index (χ2v) is 10.7. The van der Waals surface area contributed by atoms with Crippen LogP contribution in [0.2, 0.25) is 0 Å². The van der Waals surface area contributed by atoms with E-state index in [9.17, 15) is 5.26 Å². The van der Waals surface area contributed by atoms with Crippen LogP contribution in [0.15, 0.2) is 91.0 Å². The van der Waals surface area contributed by atoms with Gasteiger partial charge in [0.15, 0.2) is 0 Å². The molecule has 2 aliphatic rings. The van der Waals surface area contributed by atoms with Crippen molar-refractivity contribution in [1.29, 1.82) is 5.26 Å². The molecule has 5 rings (SSSR count). The second-order valence-electron chi connectivity index (χ2n) is 10.7. The smallest absolute Gasteiger partial charge is 0.107 e. The molecule has 0 aliphatic carbocycles. The summed E-state index contributed by atoms with van der Waals surface area (Å²) in [6, 6.07) is 35.1. The molecule has 0 spiro atoms. The van der Waals surface area contributed by atoms with Crippen LogP contribution in [0.25, 0.3) is 0 Å². The number of nitrogens with zero attached hydrogens (tertiary/aromatic N) is 1. The van der Waals surface area contributed by atoms with E-state index in [1.54, 1.807) is 0 Å². The standard InChI is InChI=1S/C32H36N2O/c1-31(19-20-35-23-25-11-5-2-6-12-25)28(21-29-17-18-30(31)34-29)22-32(24-33,26-13-7-3-8-14-26)27-15-9-4-10-16-27/h2-16,28-30,34H,17-23H2,1H3/t28?,29-,30+,31?/m0/s1. The van der Waals surface area contributed by atoms with Gasteiger partial charge in [0.1, 0.15) is 5.41 Å². The number of ether oxygens (including phenoxy) is 1. The van der Waals surface area contributed by atoms with Gasteiger partial charge in [0.05, 0.1) is 12.7 Å². The maximum absolute atomic E-state index is 10.8. The Morgan fingerprint density at radius 2 is 1.51 bits per heavy atom. The summed E-state index contributed by atoms with van der Waals surface area (Å²) >= 11 is 0. The molecule has 2 fully saturated rings. The summed E-state index contributed by atoms with van der Waals surface area (Å²) in [4.78, 5) is 0. The summed E-state index contributed by atoms with van der Waals surface area (Å²) < 4.78 is 6.18. The lowest BCUT2D eigenvalue weighted by atomic mass is 9.59. The third kappa shape index (κ3) is 4.79. The molecule has 2 unspecified atom stereocenters. The van der Waals surface area contributed by atoms with E-state index in [-0.39, 0.29) is 5.41 Å². The first-order chi connectivity index (χ1) is 17.1. The molecule has 0 aromatic heterocycles. The van der Waals surface area contributed by atoms with Crippen LogP contribution >= 0.6 is 0 Å². The number of piperidine rings is 1. The van der Waals surface area contributed by atoms with E-state index in [1.165, 1.54) is 18.4 Å². The zero-order valence-electron chi connectivity index (χ0n) is 20.7. The molecule has 3 aromatic rings. The lowest BCUT2D eigenvalue weighted by molar-refractivity contribution is 0.0146. The summed E-state index contributed by atoms with van der Waals surface area (Å²) in [6.45, 7) is 3.83. The predicted molar refractivity (Wildman–Crippen MR) is 141 cm³/mol. The molecule has 3 aromatic carbocycles. The van der Waals surface area contributed by atoms with E-state index >= 15 is 0 Å². The lowest BCUT2D eigenvalue weighted by Crippen LogP contribution is -2.54. The van der Waals surface area contributed by atoms with Gasteiger partial charge in [-0.2, -0.15) is 5.26 Å². The lowest BCUT2D eigenvalue weighted by Gasteiger charge is -2.49. The SMILES string of the molecule is CC1(CCOCc2ccccc2)C(CC(C#N)(c2ccccc2)c2ccccc2)C[C@@H]2CC[C@H]1N2. The third-order valence-electron chi connectivity index (χ3n) is 8.71. The molecule has 2 bridgehead atoms. The average Bonchev–Trinajstić information content (AvgIpc) is 3.35. The van der Waals surface area contributed by atoms with E-state index in [0.717, 1.165) is 37.0 Å².